The molecule has 1 heterocycles. The van der Waals surface area contributed by atoms with Crippen LogP contribution in [0.25, 0.3) is 0 Å². The monoisotopic (exact) mass is 540 g/mol. The third-order valence-electron chi connectivity index (χ3n) is 3.91. The molecule has 0 aliphatic rings. The number of nitrogens with zero attached hydrogens (tertiary/aromatic N) is 4. The van der Waals surface area contributed by atoms with Gasteiger partial charge in [0.05, 0.1) is 0 Å². The molecule has 0 aliphatic heterocycles. The lowest BCUT2D eigenvalue weighted by molar-refractivity contribution is 0.108. The summed E-state index contributed by atoms with van der Waals surface area (Å²) in [5.41, 5.74) is 0. The fraction of sp³-hybridized carbons (Fsp3) is 0.850. The fourth-order valence-electron chi connectivity index (χ4n) is 2.67. The van der Waals surface area contributed by atoms with E-state index < -0.39 is 0 Å². The Morgan fingerprint density at radius 2 is 1.90 bits per heavy atom. The van der Waals surface area contributed by atoms with Crippen molar-refractivity contribution in [1.82, 2.24) is 25.4 Å². The van der Waals surface area contributed by atoms with Gasteiger partial charge in [-0.1, -0.05) is 39.5 Å². The van der Waals surface area contributed by atoms with Crippen molar-refractivity contribution in [1.29, 1.82) is 0 Å². The van der Waals surface area contributed by atoms with Crippen LogP contribution < -0.4 is 10.6 Å². The second-order valence-corrected chi connectivity index (χ2v) is 8.49. The molecule has 7 nitrogen and oxygen atoms in total. The molecular formula is C20H41IN6OS. The van der Waals surface area contributed by atoms with Crippen LogP contribution in [0, 0.1) is 11.8 Å². The number of hydrogen-bond donors (Lipinski definition) is 2. The number of hydrogen-bond acceptors (Lipinski definition) is 5. The van der Waals surface area contributed by atoms with Gasteiger partial charge in [-0.15, -0.1) is 34.2 Å². The van der Waals surface area contributed by atoms with Gasteiger partial charge >= 0.3 is 0 Å². The van der Waals surface area contributed by atoms with Gasteiger partial charge in [0.1, 0.15) is 5.82 Å². The Bertz CT molecular complexity index is 565. The van der Waals surface area contributed by atoms with Crippen molar-refractivity contribution >= 4 is 41.7 Å². The average Bonchev–Trinajstić information content (AvgIpc) is 3.02. The highest BCUT2D eigenvalue weighted by molar-refractivity contribution is 14.0. The van der Waals surface area contributed by atoms with Crippen molar-refractivity contribution in [3.8, 4) is 0 Å². The van der Waals surface area contributed by atoms with Crippen molar-refractivity contribution in [2.24, 2.45) is 16.8 Å². The first-order chi connectivity index (χ1) is 13.5. The molecule has 0 radical (unpaired) electrons. The molecule has 9 heteroatoms. The molecule has 0 aromatic carbocycles. The Morgan fingerprint density at radius 1 is 1.14 bits per heavy atom. The molecular weight excluding hydrogens is 499 g/mol. The third-order valence-corrected chi connectivity index (χ3v) is 4.57. The van der Waals surface area contributed by atoms with Crippen LogP contribution in [0.1, 0.15) is 53.3 Å². The van der Waals surface area contributed by atoms with E-state index in [1.807, 2.05) is 0 Å². The van der Waals surface area contributed by atoms with Gasteiger partial charge in [0.25, 0.3) is 0 Å². The highest BCUT2D eigenvalue weighted by Gasteiger charge is 2.12. The maximum Gasteiger partial charge on any atom is 0.191 e. The Labute approximate surface area is 198 Å². The molecule has 0 amide bonds. The molecule has 0 spiro atoms. The van der Waals surface area contributed by atoms with E-state index in [1.165, 1.54) is 0 Å². The van der Waals surface area contributed by atoms with Crippen LogP contribution in [0.5, 0.6) is 0 Å². The van der Waals surface area contributed by atoms with Crippen LogP contribution in [0.3, 0.4) is 0 Å². The summed E-state index contributed by atoms with van der Waals surface area (Å²) in [6.45, 7) is 15.9. The second kappa shape index (κ2) is 17.2. The molecule has 1 aromatic heterocycles. The number of guanidine groups is 1. The lowest BCUT2D eigenvalue weighted by Gasteiger charge is -2.12. The summed E-state index contributed by atoms with van der Waals surface area (Å²) in [5.74, 6) is 3.10. The summed E-state index contributed by atoms with van der Waals surface area (Å²) in [6.07, 6.45) is 4.88. The number of nitrogens with one attached hydrogen (secondary N) is 2. The summed E-state index contributed by atoms with van der Waals surface area (Å²) < 4.78 is 7.87. The number of aliphatic imine (C=N–C) groups is 1. The van der Waals surface area contributed by atoms with E-state index >= 15 is 0 Å². The summed E-state index contributed by atoms with van der Waals surface area (Å²) in [4.78, 5) is 4.68. The Kier molecular flexibility index (Phi) is 16.8. The first kappa shape index (κ1) is 28.5. The van der Waals surface area contributed by atoms with Gasteiger partial charge in [-0.3, -0.25) is 4.99 Å². The summed E-state index contributed by atoms with van der Waals surface area (Å²) in [7, 11) is 0. The van der Waals surface area contributed by atoms with Crippen LogP contribution in [-0.4, -0.2) is 59.8 Å². The van der Waals surface area contributed by atoms with Crippen LogP contribution in [0.2, 0.25) is 0 Å². The standard InChI is InChI=1S/C20H40N6OS.HI/c1-7-21-19(23-12-9-13-27-15-17(4)5)22-11-8-10-18-24-25-20(28-6)26(18)14-16(2)3;/h16-17H,7-15H2,1-6H3,(H2,21,22,23);1H. The van der Waals surface area contributed by atoms with E-state index in [2.05, 4.69) is 71.3 Å². The third kappa shape index (κ3) is 12.7. The summed E-state index contributed by atoms with van der Waals surface area (Å²) in [6, 6.07) is 0. The molecule has 0 fully saturated rings. The normalized spacial score (nSPS) is 11.8. The van der Waals surface area contributed by atoms with Crippen LogP contribution in [-0.2, 0) is 17.7 Å². The lowest BCUT2D eigenvalue weighted by Crippen LogP contribution is -2.38. The predicted molar refractivity (Wildman–Crippen MR) is 135 cm³/mol. The zero-order valence-corrected chi connectivity index (χ0v) is 22.2. The predicted octanol–water partition coefficient (Wildman–Crippen LogP) is 3.82. The molecule has 0 bridgehead atoms. The van der Waals surface area contributed by atoms with E-state index in [4.69, 9.17) is 4.74 Å². The van der Waals surface area contributed by atoms with Crippen molar-refractivity contribution in [2.75, 3.05) is 39.1 Å². The van der Waals surface area contributed by atoms with Gasteiger partial charge in [-0.25, -0.2) is 0 Å². The van der Waals surface area contributed by atoms with Gasteiger partial charge in [0.15, 0.2) is 11.1 Å². The van der Waals surface area contributed by atoms with Gasteiger partial charge in [0.2, 0.25) is 0 Å². The summed E-state index contributed by atoms with van der Waals surface area (Å²) in [5, 5.41) is 16.4. The minimum Gasteiger partial charge on any atom is -0.381 e. The Morgan fingerprint density at radius 3 is 2.52 bits per heavy atom. The van der Waals surface area contributed by atoms with E-state index in [-0.39, 0.29) is 24.0 Å². The smallest absolute Gasteiger partial charge is 0.191 e. The van der Waals surface area contributed by atoms with E-state index in [0.29, 0.717) is 11.8 Å². The number of ether oxygens (including phenoxy) is 1. The van der Waals surface area contributed by atoms with Crippen molar-refractivity contribution in [2.45, 2.75) is 65.6 Å². The number of aryl methyl sites for hydroxylation is 1. The van der Waals surface area contributed by atoms with Gasteiger partial charge in [-0.2, -0.15) is 0 Å². The molecule has 1 rings (SSSR count). The van der Waals surface area contributed by atoms with Crippen LogP contribution in [0.4, 0.5) is 0 Å². The quantitative estimate of drug-likeness (QED) is 0.123. The maximum absolute atomic E-state index is 5.62. The van der Waals surface area contributed by atoms with Gasteiger partial charge in [0, 0.05) is 45.8 Å². The molecule has 0 saturated carbocycles. The highest BCUT2D eigenvalue weighted by atomic mass is 127. The average molecular weight is 541 g/mol. The van der Waals surface area contributed by atoms with Crippen LogP contribution in [0.15, 0.2) is 10.1 Å². The zero-order valence-electron chi connectivity index (χ0n) is 19.0. The molecule has 0 atom stereocenters. The molecule has 170 valence electrons. The number of halogens is 1. The van der Waals surface area contributed by atoms with Crippen molar-refractivity contribution < 1.29 is 4.74 Å². The van der Waals surface area contributed by atoms with E-state index in [0.717, 1.165) is 75.6 Å². The minimum absolute atomic E-state index is 0. The Balaban J connectivity index is 0.00000784. The second-order valence-electron chi connectivity index (χ2n) is 7.72. The largest absolute Gasteiger partial charge is 0.381 e. The first-order valence-electron chi connectivity index (χ1n) is 10.5. The minimum atomic E-state index is 0. The number of thioether (sulfide) groups is 1. The SMILES string of the molecule is CCNC(=NCCCc1nnc(SC)n1CC(C)C)NCCCOCC(C)C.I. The topological polar surface area (TPSA) is 76.4 Å². The molecule has 0 unspecified atom stereocenters. The molecule has 0 saturated heterocycles. The first-order valence-corrected chi connectivity index (χ1v) is 11.8. The lowest BCUT2D eigenvalue weighted by atomic mass is 10.2. The maximum atomic E-state index is 5.62. The van der Waals surface area contributed by atoms with Crippen molar-refractivity contribution in [3.05, 3.63) is 5.82 Å². The molecule has 0 aliphatic carbocycles. The van der Waals surface area contributed by atoms with Crippen molar-refractivity contribution in [3.63, 3.8) is 0 Å². The zero-order chi connectivity index (χ0) is 20.8. The van der Waals surface area contributed by atoms with E-state index in [1.54, 1.807) is 11.8 Å². The molecule has 2 N–H and O–H groups in total. The highest BCUT2D eigenvalue weighted by Crippen LogP contribution is 2.16. The number of rotatable bonds is 14. The van der Waals surface area contributed by atoms with E-state index in [9.17, 15) is 0 Å². The fourth-order valence-corrected chi connectivity index (χ4v) is 3.20. The van der Waals surface area contributed by atoms with Gasteiger partial charge in [-0.05, 0) is 37.9 Å². The number of aromatic nitrogens is 3. The molecule has 29 heavy (non-hydrogen) atoms. The van der Waals surface area contributed by atoms with Crippen LogP contribution >= 0.6 is 35.7 Å². The Hall–Kier alpha value is -0.550. The van der Waals surface area contributed by atoms with Gasteiger partial charge < -0.3 is 19.9 Å². The summed E-state index contributed by atoms with van der Waals surface area (Å²) >= 11 is 1.66. The molecule has 1 aromatic rings.